The molecule has 1 saturated heterocycles. The van der Waals surface area contributed by atoms with Crippen LogP contribution in [-0.2, 0) is 16.2 Å². The van der Waals surface area contributed by atoms with E-state index in [1.54, 1.807) is 24.3 Å². The van der Waals surface area contributed by atoms with E-state index >= 15 is 0 Å². The van der Waals surface area contributed by atoms with Crippen LogP contribution in [0.15, 0.2) is 53.4 Å². The van der Waals surface area contributed by atoms with Gasteiger partial charge in [-0.25, -0.2) is 8.42 Å². The van der Waals surface area contributed by atoms with Gasteiger partial charge in [0.1, 0.15) is 5.75 Å². The van der Waals surface area contributed by atoms with E-state index in [2.05, 4.69) is 0 Å². The van der Waals surface area contributed by atoms with Gasteiger partial charge in [-0.05, 0) is 55.3 Å². The lowest BCUT2D eigenvalue weighted by atomic mass is 9.89. The zero-order chi connectivity index (χ0) is 21.2. The van der Waals surface area contributed by atoms with Gasteiger partial charge in [0.05, 0.1) is 17.6 Å². The predicted molar refractivity (Wildman–Crippen MR) is 100 cm³/mol. The van der Waals surface area contributed by atoms with Gasteiger partial charge in [-0.1, -0.05) is 6.07 Å². The molecule has 0 bridgehead atoms. The maximum atomic E-state index is 12.9. The SMILES string of the molecule is COc1ccc(C(=O)C2CCN(S(=O)(=O)c3cccc(C(F)(F)F)c3)CC2)cc1. The fourth-order valence-electron chi connectivity index (χ4n) is 3.33. The molecule has 0 unspecified atom stereocenters. The van der Waals surface area contributed by atoms with E-state index in [0.29, 0.717) is 30.2 Å². The number of ether oxygens (including phenoxy) is 1. The first-order chi connectivity index (χ1) is 13.6. The molecule has 0 spiro atoms. The van der Waals surface area contributed by atoms with Crippen LogP contribution in [0.2, 0.25) is 0 Å². The van der Waals surface area contributed by atoms with Crippen LogP contribution in [0.4, 0.5) is 13.2 Å². The highest BCUT2D eigenvalue weighted by Gasteiger charge is 2.35. The van der Waals surface area contributed by atoms with Gasteiger partial charge >= 0.3 is 6.18 Å². The van der Waals surface area contributed by atoms with Crippen LogP contribution in [-0.4, -0.2) is 38.7 Å². The largest absolute Gasteiger partial charge is 0.497 e. The molecule has 1 fully saturated rings. The van der Waals surface area contributed by atoms with Gasteiger partial charge in [-0.3, -0.25) is 4.79 Å². The van der Waals surface area contributed by atoms with E-state index in [4.69, 9.17) is 4.74 Å². The maximum Gasteiger partial charge on any atom is 0.416 e. The number of rotatable bonds is 5. The van der Waals surface area contributed by atoms with Crippen molar-refractivity contribution in [3.8, 4) is 5.75 Å². The van der Waals surface area contributed by atoms with E-state index in [1.807, 2.05) is 0 Å². The Morgan fingerprint density at radius 1 is 1.07 bits per heavy atom. The fourth-order valence-corrected chi connectivity index (χ4v) is 4.85. The first-order valence-corrected chi connectivity index (χ1v) is 10.4. The third-order valence-corrected chi connectivity index (χ3v) is 6.89. The summed E-state index contributed by atoms with van der Waals surface area (Å²) in [5.74, 6) is 0.212. The van der Waals surface area contributed by atoms with Crippen LogP contribution < -0.4 is 4.74 Å². The number of nitrogens with zero attached hydrogens (tertiary/aromatic N) is 1. The van der Waals surface area contributed by atoms with Gasteiger partial charge in [0.25, 0.3) is 0 Å². The van der Waals surface area contributed by atoms with Gasteiger partial charge < -0.3 is 4.74 Å². The number of sulfonamides is 1. The molecule has 0 aromatic heterocycles. The molecule has 0 saturated carbocycles. The van der Waals surface area contributed by atoms with Gasteiger partial charge in [-0.2, -0.15) is 17.5 Å². The molecular formula is C20H20F3NO4S. The van der Waals surface area contributed by atoms with Crippen molar-refractivity contribution in [2.24, 2.45) is 5.92 Å². The normalized spacial score (nSPS) is 16.6. The first kappa shape index (κ1) is 21.3. The zero-order valence-corrected chi connectivity index (χ0v) is 16.5. The minimum Gasteiger partial charge on any atom is -0.497 e. The highest BCUT2D eigenvalue weighted by Crippen LogP contribution is 2.32. The third-order valence-electron chi connectivity index (χ3n) is 5.00. The van der Waals surface area contributed by atoms with Crippen LogP contribution in [0.3, 0.4) is 0 Å². The Hall–Kier alpha value is -2.39. The Balaban J connectivity index is 1.70. The van der Waals surface area contributed by atoms with Crippen molar-refractivity contribution in [1.29, 1.82) is 0 Å². The topological polar surface area (TPSA) is 63.7 Å². The summed E-state index contributed by atoms with van der Waals surface area (Å²) in [7, 11) is -2.54. The summed E-state index contributed by atoms with van der Waals surface area (Å²) in [5, 5.41) is 0. The zero-order valence-electron chi connectivity index (χ0n) is 15.6. The van der Waals surface area contributed by atoms with Crippen LogP contribution in [0.1, 0.15) is 28.8 Å². The first-order valence-electron chi connectivity index (χ1n) is 8.98. The summed E-state index contributed by atoms with van der Waals surface area (Å²) in [6.45, 7) is 0.149. The van der Waals surface area contributed by atoms with Crippen molar-refractivity contribution in [3.63, 3.8) is 0 Å². The van der Waals surface area contributed by atoms with E-state index in [1.165, 1.54) is 7.11 Å². The highest BCUT2D eigenvalue weighted by molar-refractivity contribution is 7.89. The Morgan fingerprint density at radius 2 is 1.69 bits per heavy atom. The molecule has 3 rings (SSSR count). The molecule has 0 N–H and O–H groups in total. The van der Waals surface area contributed by atoms with Gasteiger partial charge in [-0.15, -0.1) is 0 Å². The Bertz CT molecular complexity index is 980. The molecule has 0 aliphatic carbocycles. The molecule has 0 atom stereocenters. The Labute approximate surface area is 167 Å². The Kier molecular flexibility index (Phi) is 6.00. The van der Waals surface area contributed by atoms with Crippen LogP contribution in [0, 0.1) is 5.92 Å². The number of carbonyl (C=O) groups is 1. The number of piperidine rings is 1. The second-order valence-electron chi connectivity index (χ2n) is 6.80. The lowest BCUT2D eigenvalue weighted by Gasteiger charge is -2.30. The Morgan fingerprint density at radius 3 is 2.24 bits per heavy atom. The van der Waals surface area contributed by atoms with Crippen molar-refractivity contribution in [2.45, 2.75) is 23.9 Å². The summed E-state index contributed by atoms with van der Waals surface area (Å²) in [6.07, 6.45) is -4.00. The van der Waals surface area contributed by atoms with Crippen molar-refractivity contribution in [3.05, 3.63) is 59.7 Å². The van der Waals surface area contributed by atoms with Crippen molar-refractivity contribution >= 4 is 15.8 Å². The van der Waals surface area contributed by atoms with Gasteiger partial charge in [0.15, 0.2) is 5.78 Å². The van der Waals surface area contributed by atoms with Crippen LogP contribution in [0.25, 0.3) is 0 Å². The summed E-state index contributed by atoms with van der Waals surface area (Å²) < 4.78 is 70.4. The fraction of sp³-hybridized carbons (Fsp3) is 0.350. The molecule has 1 heterocycles. The summed E-state index contributed by atoms with van der Waals surface area (Å²) in [4.78, 5) is 12.3. The second kappa shape index (κ2) is 8.16. The molecule has 156 valence electrons. The van der Waals surface area contributed by atoms with E-state index in [-0.39, 0.29) is 24.8 Å². The number of hydrogen-bond acceptors (Lipinski definition) is 4. The van der Waals surface area contributed by atoms with Crippen molar-refractivity contribution in [1.82, 2.24) is 4.31 Å². The number of ketones is 1. The monoisotopic (exact) mass is 427 g/mol. The van der Waals surface area contributed by atoms with E-state index in [9.17, 15) is 26.4 Å². The molecule has 9 heteroatoms. The number of carbonyl (C=O) groups excluding carboxylic acids is 1. The number of hydrogen-bond donors (Lipinski definition) is 0. The minimum absolute atomic E-state index is 0.0745. The van der Waals surface area contributed by atoms with Gasteiger partial charge in [0, 0.05) is 24.6 Å². The number of alkyl halides is 3. The molecule has 2 aromatic carbocycles. The van der Waals surface area contributed by atoms with E-state index in [0.717, 1.165) is 22.5 Å². The summed E-state index contributed by atoms with van der Waals surface area (Å²) in [6, 6.07) is 10.4. The third kappa shape index (κ3) is 4.62. The standard InChI is InChI=1S/C20H20F3NO4S/c1-28-17-7-5-14(6-8-17)19(25)15-9-11-24(12-10-15)29(26,27)18-4-2-3-16(13-18)20(21,22)23/h2-8,13,15H,9-12H2,1H3. The molecule has 1 aliphatic heterocycles. The van der Waals surface area contributed by atoms with Crippen molar-refractivity contribution < 1.29 is 31.1 Å². The van der Waals surface area contributed by atoms with Crippen LogP contribution in [0.5, 0.6) is 5.75 Å². The lowest BCUT2D eigenvalue weighted by molar-refractivity contribution is -0.137. The molecule has 5 nitrogen and oxygen atoms in total. The summed E-state index contributed by atoms with van der Waals surface area (Å²) >= 11 is 0. The number of halogens is 3. The smallest absolute Gasteiger partial charge is 0.416 e. The average molecular weight is 427 g/mol. The minimum atomic E-state index is -4.62. The quantitative estimate of drug-likeness (QED) is 0.677. The van der Waals surface area contributed by atoms with Crippen molar-refractivity contribution in [2.75, 3.05) is 20.2 Å². The molecule has 2 aromatic rings. The predicted octanol–water partition coefficient (Wildman–Crippen LogP) is 4.00. The van der Waals surface area contributed by atoms with E-state index < -0.39 is 26.7 Å². The van der Waals surface area contributed by atoms with Gasteiger partial charge in [0.2, 0.25) is 10.0 Å². The summed E-state index contributed by atoms with van der Waals surface area (Å²) in [5.41, 5.74) is -0.492. The number of methoxy groups -OCH3 is 1. The average Bonchev–Trinajstić information content (AvgIpc) is 2.73. The molecule has 0 amide bonds. The molecular weight excluding hydrogens is 407 g/mol. The van der Waals surface area contributed by atoms with Crippen LogP contribution >= 0.6 is 0 Å². The molecule has 1 aliphatic rings. The molecule has 29 heavy (non-hydrogen) atoms. The lowest BCUT2D eigenvalue weighted by Crippen LogP contribution is -2.40. The second-order valence-corrected chi connectivity index (χ2v) is 8.73. The molecule has 0 radical (unpaired) electrons. The number of benzene rings is 2. The highest BCUT2D eigenvalue weighted by atomic mass is 32.2. The number of Topliss-reactive ketones (excluding diaryl/α,β-unsaturated/α-hetero) is 1. The maximum absolute atomic E-state index is 12.9.